The minimum Gasteiger partial charge on any atom is -0.387 e. The molecule has 1 N–H and O–H groups in total. The highest BCUT2D eigenvalue weighted by Crippen LogP contribution is 2.29. The first-order valence-electron chi connectivity index (χ1n) is 4.87. The Morgan fingerprint density at radius 2 is 2.57 bits per heavy atom. The van der Waals surface area contributed by atoms with Crippen LogP contribution in [0.15, 0.2) is 28.2 Å². The van der Waals surface area contributed by atoms with Crippen molar-refractivity contribution >= 4 is 16.8 Å². The van der Waals surface area contributed by atoms with Gasteiger partial charge in [-0.25, -0.2) is 4.99 Å². The van der Waals surface area contributed by atoms with Crippen LogP contribution in [0.2, 0.25) is 0 Å². The van der Waals surface area contributed by atoms with Crippen molar-refractivity contribution in [1.29, 1.82) is 0 Å². The zero-order valence-corrected chi connectivity index (χ0v) is 8.97. The lowest BCUT2D eigenvalue weighted by Gasteiger charge is -2.11. The van der Waals surface area contributed by atoms with Gasteiger partial charge in [0.05, 0.1) is 11.8 Å². The monoisotopic (exact) mass is 207 g/mol. The van der Waals surface area contributed by atoms with Crippen LogP contribution in [0.5, 0.6) is 0 Å². The number of hydrogen-bond donors (Lipinski definition) is 1. The fourth-order valence-electron chi connectivity index (χ4n) is 1.58. The first-order valence-corrected chi connectivity index (χ1v) is 5.85. The van der Waals surface area contributed by atoms with Gasteiger partial charge >= 0.3 is 0 Å². The van der Waals surface area contributed by atoms with Crippen molar-refractivity contribution in [1.82, 2.24) is 0 Å². The van der Waals surface area contributed by atoms with Gasteiger partial charge in [-0.15, -0.1) is 11.8 Å². The molecule has 0 radical (unpaired) electrons. The van der Waals surface area contributed by atoms with E-state index in [1.165, 1.54) is 0 Å². The summed E-state index contributed by atoms with van der Waals surface area (Å²) in [5.41, 5.74) is 6.97. The smallest absolute Gasteiger partial charge is 0.103 e. The number of aliphatic imine (C=N–C) groups is 1. The van der Waals surface area contributed by atoms with Crippen LogP contribution >= 0.6 is 11.8 Å². The van der Waals surface area contributed by atoms with E-state index < -0.39 is 6.10 Å². The second-order valence-electron chi connectivity index (χ2n) is 3.55. The van der Waals surface area contributed by atoms with Gasteiger partial charge in [-0.3, -0.25) is 0 Å². The molecule has 0 saturated carbocycles. The predicted molar refractivity (Wildman–Crippen MR) is 59.4 cm³/mol. The van der Waals surface area contributed by atoms with Crippen molar-refractivity contribution in [3.8, 4) is 0 Å². The predicted octanol–water partition coefficient (Wildman–Crippen LogP) is 2.12. The number of aliphatic hydroxyl groups excluding tert-OH is 1. The molecule has 1 aliphatic heterocycles. The third kappa shape index (κ3) is 2.02. The van der Waals surface area contributed by atoms with Crippen LogP contribution in [0.1, 0.15) is 19.8 Å². The summed E-state index contributed by atoms with van der Waals surface area (Å²) < 4.78 is 0. The number of nitrogens with zero attached hydrogens (tertiary/aromatic N) is 1. The molecular formula is C11H13NOS. The Hall–Kier alpha value is -0.720. The lowest BCUT2D eigenvalue weighted by atomic mass is 9.97. The zero-order valence-electron chi connectivity index (χ0n) is 8.16. The number of hydrogen-bond acceptors (Lipinski definition) is 3. The number of allylic oxidation sites excluding steroid dienone is 2. The highest BCUT2D eigenvalue weighted by molar-refractivity contribution is 8.14. The third-order valence-corrected chi connectivity index (χ3v) is 3.56. The summed E-state index contributed by atoms with van der Waals surface area (Å²) in [5, 5.41) is 10.3. The average Bonchev–Trinajstić information content (AvgIpc) is 2.39. The second-order valence-corrected chi connectivity index (χ2v) is 4.67. The van der Waals surface area contributed by atoms with E-state index in [4.69, 9.17) is 0 Å². The summed E-state index contributed by atoms with van der Waals surface area (Å²) in [6.45, 7) is 1.76. The summed E-state index contributed by atoms with van der Waals surface area (Å²) in [5.74, 6) is 1.52. The van der Waals surface area contributed by atoms with Gasteiger partial charge in [0.25, 0.3) is 0 Å². The van der Waals surface area contributed by atoms with Crippen molar-refractivity contribution < 1.29 is 5.11 Å². The number of rotatable bonds is 1. The number of aliphatic hydroxyl groups is 1. The fraction of sp³-hybridized carbons (Fsp3) is 0.545. The highest BCUT2D eigenvalue weighted by Gasteiger charge is 2.21. The van der Waals surface area contributed by atoms with Crippen LogP contribution in [-0.4, -0.2) is 22.0 Å². The van der Waals surface area contributed by atoms with Gasteiger partial charge < -0.3 is 5.11 Å². The van der Waals surface area contributed by atoms with E-state index in [-0.39, 0.29) is 0 Å². The molecule has 2 nitrogen and oxygen atoms in total. The molecule has 2 rings (SSSR count). The largest absolute Gasteiger partial charge is 0.387 e. The topological polar surface area (TPSA) is 32.6 Å². The molecule has 14 heavy (non-hydrogen) atoms. The standard InChI is InChI=1S/C11H13NOS/c1-8(13)11-12-10-5-3-2-4-9(10)6-7-14-11/h2,8-9,13H,4,6-7H2,1H3. The third-order valence-electron chi connectivity index (χ3n) is 2.40. The molecule has 0 aromatic carbocycles. The fourth-order valence-corrected chi connectivity index (χ4v) is 2.60. The van der Waals surface area contributed by atoms with Crippen LogP contribution in [0.25, 0.3) is 0 Å². The van der Waals surface area contributed by atoms with Crippen LogP contribution in [0.3, 0.4) is 0 Å². The highest BCUT2D eigenvalue weighted by atomic mass is 32.2. The molecule has 0 spiro atoms. The van der Waals surface area contributed by atoms with Gasteiger partial charge in [-0.05, 0) is 37.3 Å². The van der Waals surface area contributed by atoms with E-state index in [1.54, 1.807) is 18.7 Å². The maximum absolute atomic E-state index is 9.47. The zero-order chi connectivity index (χ0) is 9.97. The lowest BCUT2D eigenvalue weighted by Crippen LogP contribution is -2.12. The normalized spacial score (nSPS) is 27.4. The van der Waals surface area contributed by atoms with Gasteiger partial charge in [0.2, 0.25) is 0 Å². The first-order chi connectivity index (χ1) is 6.77. The minimum absolute atomic E-state index is 0.459. The van der Waals surface area contributed by atoms with Crippen LogP contribution in [0.4, 0.5) is 0 Å². The maximum Gasteiger partial charge on any atom is 0.103 e. The van der Waals surface area contributed by atoms with Crippen LogP contribution < -0.4 is 0 Å². The van der Waals surface area contributed by atoms with Gasteiger partial charge in [0.1, 0.15) is 5.04 Å². The summed E-state index contributed by atoms with van der Waals surface area (Å²) in [4.78, 5) is 4.45. The molecule has 1 aliphatic carbocycles. The van der Waals surface area contributed by atoms with Crippen LogP contribution in [-0.2, 0) is 0 Å². The molecule has 0 aromatic heterocycles. The van der Waals surface area contributed by atoms with Crippen molar-refractivity contribution in [2.75, 3.05) is 5.75 Å². The Bertz CT molecular complexity index is 357. The van der Waals surface area contributed by atoms with E-state index >= 15 is 0 Å². The molecule has 2 aliphatic rings. The maximum atomic E-state index is 9.47. The van der Waals surface area contributed by atoms with E-state index in [0.717, 1.165) is 29.3 Å². The molecule has 0 saturated heterocycles. The van der Waals surface area contributed by atoms with Gasteiger partial charge in [0.15, 0.2) is 0 Å². The van der Waals surface area contributed by atoms with Crippen molar-refractivity contribution in [3.63, 3.8) is 0 Å². The molecule has 2 atom stereocenters. The summed E-state index contributed by atoms with van der Waals surface area (Å²) in [6.07, 6.45) is 3.69. The Morgan fingerprint density at radius 1 is 1.71 bits per heavy atom. The van der Waals surface area contributed by atoms with Crippen molar-refractivity contribution in [2.45, 2.75) is 25.9 Å². The minimum atomic E-state index is -0.459. The van der Waals surface area contributed by atoms with Crippen molar-refractivity contribution in [2.24, 2.45) is 10.9 Å². The van der Waals surface area contributed by atoms with Gasteiger partial charge in [-0.1, -0.05) is 5.73 Å². The summed E-state index contributed by atoms with van der Waals surface area (Å²) in [7, 11) is 0. The Kier molecular flexibility index (Phi) is 2.95. The van der Waals surface area contributed by atoms with Gasteiger partial charge in [0, 0.05) is 5.92 Å². The number of thioether (sulfide) groups is 1. The molecule has 0 fully saturated rings. The van der Waals surface area contributed by atoms with Gasteiger partial charge in [-0.2, -0.15) is 0 Å². The summed E-state index contributed by atoms with van der Waals surface area (Å²) in [6, 6.07) is 0. The molecule has 3 heteroatoms. The molecule has 74 valence electrons. The Morgan fingerprint density at radius 3 is 3.36 bits per heavy atom. The molecule has 1 heterocycles. The summed E-state index contributed by atoms with van der Waals surface area (Å²) >= 11 is 1.66. The molecule has 0 bridgehead atoms. The first kappa shape index (κ1) is 9.82. The van der Waals surface area contributed by atoms with Crippen molar-refractivity contribution in [3.05, 3.63) is 23.2 Å². The SMILES string of the molecule is CC(O)C1=NC2=C=C=CCC2CCS1. The average molecular weight is 207 g/mol. The van der Waals surface area contributed by atoms with E-state index in [2.05, 4.69) is 16.5 Å². The lowest BCUT2D eigenvalue weighted by molar-refractivity contribution is 0.265. The second kappa shape index (κ2) is 4.20. The molecular weight excluding hydrogens is 194 g/mol. The Balaban J connectivity index is 2.34. The number of fused-ring (bicyclic) bond motifs is 1. The Labute approximate surface area is 88.1 Å². The van der Waals surface area contributed by atoms with E-state index in [1.807, 2.05) is 6.08 Å². The molecule has 2 unspecified atom stereocenters. The van der Waals surface area contributed by atoms with E-state index in [9.17, 15) is 5.11 Å². The van der Waals surface area contributed by atoms with Crippen LogP contribution in [0, 0.1) is 5.92 Å². The quantitative estimate of drug-likeness (QED) is 0.668. The molecule has 0 amide bonds. The van der Waals surface area contributed by atoms with E-state index in [0.29, 0.717) is 5.92 Å². The molecule has 0 aromatic rings.